The summed E-state index contributed by atoms with van der Waals surface area (Å²) < 4.78 is 13.1. The molecule has 6 nitrogen and oxygen atoms in total. The number of aromatic nitrogens is 1. The van der Waals surface area contributed by atoms with Crippen molar-refractivity contribution in [3.05, 3.63) is 47.4 Å². The Balaban J connectivity index is 2.20. The molecule has 1 heterocycles. The quantitative estimate of drug-likeness (QED) is 0.745. The summed E-state index contributed by atoms with van der Waals surface area (Å²) in [5, 5.41) is 19.7. The predicted molar refractivity (Wildman–Crippen MR) is 67.4 cm³/mol. The Bertz CT molecular complexity index is 627. The standard InChI is InChI=1S/C13H13FN2O4/c1-20-16(7-8-3-2-4-9(14)5-8)13(19)10-6-15-12(18)11(10)17/h2-6,15,17-18H,7H2,1H3. The summed E-state index contributed by atoms with van der Waals surface area (Å²) in [6, 6.07) is 5.71. The second kappa shape index (κ2) is 5.62. The maximum absolute atomic E-state index is 13.1. The van der Waals surface area contributed by atoms with Crippen LogP contribution in [0.2, 0.25) is 0 Å². The molecule has 1 amide bonds. The highest BCUT2D eigenvalue weighted by atomic mass is 19.1. The summed E-state index contributed by atoms with van der Waals surface area (Å²) in [4.78, 5) is 19.4. The van der Waals surface area contributed by atoms with Gasteiger partial charge in [0, 0.05) is 6.20 Å². The van der Waals surface area contributed by atoms with E-state index in [1.165, 1.54) is 25.3 Å². The maximum atomic E-state index is 13.1. The van der Waals surface area contributed by atoms with E-state index in [1.807, 2.05) is 0 Å². The molecule has 0 aliphatic heterocycles. The molecule has 0 saturated heterocycles. The second-order valence-corrected chi connectivity index (χ2v) is 4.05. The molecule has 1 aromatic carbocycles. The fourth-order valence-corrected chi connectivity index (χ4v) is 1.72. The van der Waals surface area contributed by atoms with Gasteiger partial charge < -0.3 is 15.2 Å². The lowest BCUT2D eigenvalue weighted by Gasteiger charge is -2.19. The first-order chi connectivity index (χ1) is 9.52. The van der Waals surface area contributed by atoms with Gasteiger partial charge in [-0.2, -0.15) is 0 Å². The molecule has 106 valence electrons. The van der Waals surface area contributed by atoms with Gasteiger partial charge in [-0.1, -0.05) is 12.1 Å². The van der Waals surface area contributed by atoms with Crippen molar-refractivity contribution < 1.29 is 24.2 Å². The number of benzene rings is 1. The lowest BCUT2D eigenvalue weighted by Crippen LogP contribution is -2.29. The van der Waals surface area contributed by atoms with Gasteiger partial charge in [0.2, 0.25) is 5.88 Å². The molecule has 0 radical (unpaired) electrons. The van der Waals surface area contributed by atoms with Crippen LogP contribution in [0.25, 0.3) is 0 Å². The first-order valence-corrected chi connectivity index (χ1v) is 5.72. The Morgan fingerprint density at radius 3 is 2.75 bits per heavy atom. The summed E-state index contributed by atoms with van der Waals surface area (Å²) in [6.45, 7) is -0.00151. The van der Waals surface area contributed by atoms with Crippen LogP contribution in [0, 0.1) is 5.82 Å². The van der Waals surface area contributed by atoms with Gasteiger partial charge in [0.25, 0.3) is 5.91 Å². The van der Waals surface area contributed by atoms with Crippen LogP contribution in [-0.4, -0.2) is 33.3 Å². The van der Waals surface area contributed by atoms with Crippen LogP contribution in [0.1, 0.15) is 15.9 Å². The van der Waals surface area contributed by atoms with Crippen LogP contribution < -0.4 is 0 Å². The highest BCUT2D eigenvalue weighted by molar-refractivity contribution is 5.96. The number of hydrogen-bond donors (Lipinski definition) is 3. The van der Waals surface area contributed by atoms with E-state index >= 15 is 0 Å². The van der Waals surface area contributed by atoms with E-state index in [9.17, 15) is 19.4 Å². The molecular formula is C13H13FN2O4. The van der Waals surface area contributed by atoms with Gasteiger partial charge in [-0.15, -0.1) is 0 Å². The van der Waals surface area contributed by atoms with E-state index in [2.05, 4.69) is 4.98 Å². The van der Waals surface area contributed by atoms with Crippen LogP contribution in [0.5, 0.6) is 11.6 Å². The number of carbonyl (C=O) groups excluding carboxylic acids is 1. The smallest absolute Gasteiger partial charge is 0.283 e. The molecule has 7 heteroatoms. The van der Waals surface area contributed by atoms with Gasteiger partial charge in [0.05, 0.1) is 13.7 Å². The van der Waals surface area contributed by atoms with E-state index in [4.69, 9.17) is 4.84 Å². The highest BCUT2D eigenvalue weighted by Gasteiger charge is 2.22. The Morgan fingerprint density at radius 2 is 2.20 bits per heavy atom. The van der Waals surface area contributed by atoms with Gasteiger partial charge in [-0.25, -0.2) is 9.45 Å². The van der Waals surface area contributed by atoms with Crippen molar-refractivity contribution in [2.24, 2.45) is 0 Å². The van der Waals surface area contributed by atoms with E-state index in [0.717, 1.165) is 11.3 Å². The first kappa shape index (κ1) is 13.9. The van der Waals surface area contributed by atoms with E-state index in [1.54, 1.807) is 6.07 Å². The number of nitrogens with zero attached hydrogens (tertiary/aromatic N) is 1. The Morgan fingerprint density at radius 1 is 1.45 bits per heavy atom. The van der Waals surface area contributed by atoms with E-state index in [0.29, 0.717) is 5.56 Å². The van der Waals surface area contributed by atoms with Crippen LogP contribution in [-0.2, 0) is 11.4 Å². The molecule has 3 N–H and O–H groups in total. The van der Waals surface area contributed by atoms with Crippen molar-refractivity contribution >= 4 is 5.91 Å². The molecule has 2 aromatic rings. The van der Waals surface area contributed by atoms with E-state index < -0.39 is 23.4 Å². The summed E-state index contributed by atoms with van der Waals surface area (Å²) in [6.07, 6.45) is 1.16. The molecule has 0 atom stereocenters. The molecule has 0 aliphatic carbocycles. The van der Waals surface area contributed by atoms with Crippen LogP contribution in [0.15, 0.2) is 30.5 Å². The van der Waals surface area contributed by atoms with Crippen molar-refractivity contribution in [1.29, 1.82) is 0 Å². The average Bonchev–Trinajstić information content (AvgIpc) is 2.76. The van der Waals surface area contributed by atoms with Crippen LogP contribution in [0.3, 0.4) is 0 Å². The van der Waals surface area contributed by atoms with Crippen molar-refractivity contribution in [2.45, 2.75) is 6.54 Å². The number of hydrogen-bond acceptors (Lipinski definition) is 4. The number of aromatic hydroxyl groups is 2. The molecule has 0 fully saturated rings. The third kappa shape index (κ3) is 2.72. The molecule has 0 saturated carbocycles. The monoisotopic (exact) mass is 280 g/mol. The summed E-state index contributed by atoms with van der Waals surface area (Å²) in [5.41, 5.74) is 0.389. The molecule has 20 heavy (non-hydrogen) atoms. The zero-order chi connectivity index (χ0) is 14.7. The van der Waals surface area contributed by atoms with Gasteiger partial charge in [-0.3, -0.25) is 9.63 Å². The number of carbonyl (C=O) groups is 1. The minimum atomic E-state index is -0.661. The van der Waals surface area contributed by atoms with Gasteiger partial charge in [-0.05, 0) is 17.7 Å². The summed E-state index contributed by atoms with van der Waals surface area (Å²) >= 11 is 0. The van der Waals surface area contributed by atoms with Crippen LogP contribution >= 0.6 is 0 Å². The molecule has 1 aromatic heterocycles. The number of amides is 1. The fraction of sp³-hybridized carbons (Fsp3) is 0.154. The molecule has 0 bridgehead atoms. The predicted octanol–water partition coefficient (Wildman–Crippen LogP) is 1.77. The average molecular weight is 280 g/mol. The van der Waals surface area contributed by atoms with Crippen molar-refractivity contribution in [3.63, 3.8) is 0 Å². The Hall–Kier alpha value is -2.54. The highest BCUT2D eigenvalue weighted by Crippen LogP contribution is 2.28. The number of rotatable bonds is 4. The van der Waals surface area contributed by atoms with Gasteiger partial charge >= 0.3 is 0 Å². The molecular weight excluding hydrogens is 267 g/mol. The minimum Gasteiger partial charge on any atom is -0.503 e. The second-order valence-electron chi connectivity index (χ2n) is 4.05. The summed E-state index contributed by atoms with van der Waals surface area (Å²) in [7, 11) is 1.28. The van der Waals surface area contributed by atoms with Crippen molar-refractivity contribution in [1.82, 2.24) is 10.0 Å². The first-order valence-electron chi connectivity index (χ1n) is 5.72. The third-order valence-electron chi connectivity index (χ3n) is 2.73. The lowest BCUT2D eigenvalue weighted by atomic mass is 10.2. The number of halogens is 1. The zero-order valence-electron chi connectivity index (χ0n) is 10.6. The molecule has 0 spiro atoms. The molecule has 2 rings (SSSR count). The van der Waals surface area contributed by atoms with Gasteiger partial charge in [0.1, 0.15) is 11.4 Å². The molecule has 0 aliphatic rings. The summed E-state index contributed by atoms with van der Waals surface area (Å²) in [5.74, 6) is -2.15. The topological polar surface area (TPSA) is 85.8 Å². The fourth-order valence-electron chi connectivity index (χ4n) is 1.72. The largest absolute Gasteiger partial charge is 0.503 e. The zero-order valence-corrected chi connectivity index (χ0v) is 10.6. The number of aromatic amines is 1. The van der Waals surface area contributed by atoms with E-state index in [-0.39, 0.29) is 12.1 Å². The van der Waals surface area contributed by atoms with Crippen molar-refractivity contribution in [2.75, 3.05) is 7.11 Å². The maximum Gasteiger partial charge on any atom is 0.283 e. The SMILES string of the molecule is CON(Cc1cccc(F)c1)C(=O)c1c[nH]c(O)c1O. The third-order valence-corrected chi connectivity index (χ3v) is 2.73. The number of nitrogens with one attached hydrogen (secondary N) is 1. The Labute approximate surface area is 114 Å². The number of hydroxylamine groups is 2. The lowest BCUT2D eigenvalue weighted by molar-refractivity contribution is -0.102. The minimum absolute atomic E-state index is 0.00151. The van der Waals surface area contributed by atoms with Gasteiger partial charge in [0.15, 0.2) is 5.75 Å². The number of H-pyrrole nitrogens is 1. The Kier molecular flexibility index (Phi) is 3.90. The molecule has 0 unspecified atom stereocenters. The van der Waals surface area contributed by atoms with Crippen LogP contribution in [0.4, 0.5) is 4.39 Å². The van der Waals surface area contributed by atoms with Crippen molar-refractivity contribution in [3.8, 4) is 11.6 Å². The normalized spacial score (nSPS) is 10.5.